The zero-order valence-electron chi connectivity index (χ0n) is 10.6. The van der Waals surface area contributed by atoms with Gasteiger partial charge in [0, 0.05) is 25.0 Å². The standard InChI is InChI=1S/C7H11ClFN3O.C5H4ClN/c8-7(11)5(4-10)12-6(13)2-1-3-9;6-5-2-1-3-7-4-5/h4,11H,1-3,10H2,(H,12,13);1-4H/b5-4+,11-7?;. The number of amides is 1. The summed E-state index contributed by atoms with van der Waals surface area (Å²) >= 11 is 10.7. The van der Waals surface area contributed by atoms with Gasteiger partial charge in [0.2, 0.25) is 5.91 Å². The number of carbonyl (C=O) groups is 1. The van der Waals surface area contributed by atoms with E-state index in [1.165, 1.54) is 0 Å². The molecule has 4 N–H and O–H groups in total. The number of carbonyl (C=O) groups excluding carboxylic acids is 1. The summed E-state index contributed by atoms with van der Waals surface area (Å²) in [5.41, 5.74) is 5.11. The second-order valence-corrected chi connectivity index (χ2v) is 4.22. The average molecular weight is 321 g/mol. The molecule has 0 aliphatic heterocycles. The van der Waals surface area contributed by atoms with Crippen molar-refractivity contribution >= 4 is 34.3 Å². The van der Waals surface area contributed by atoms with E-state index in [0.717, 1.165) is 6.20 Å². The summed E-state index contributed by atoms with van der Waals surface area (Å²) in [6.45, 7) is -0.548. The molecule has 1 amide bonds. The summed E-state index contributed by atoms with van der Waals surface area (Å²) in [5.74, 6) is -0.403. The van der Waals surface area contributed by atoms with Crippen molar-refractivity contribution < 1.29 is 9.18 Å². The van der Waals surface area contributed by atoms with Crippen LogP contribution in [0.4, 0.5) is 4.39 Å². The number of aromatic nitrogens is 1. The Morgan fingerprint density at radius 2 is 2.30 bits per heavy atom. The van der Waals surface area contributed by atoms with Crippen molar-refractivity contribution in [3.63, 3.8) is 0 Å². The van der Waals surface area contributed by atoms with Gasteiger partial charge in [-0.3, -0.25) is 19.6 Å². The molecule has 0 saturated heterocycles. The minimum absolute atomic E-state index is 0.0329. The van der Waals surface area contributed by atoms with E-state index in [4.69, 9.17) is 34.3 Å². The number of hydrogen-bond donors (Lipinski definition) is 3. The molecule has 20 heavy (non-hydrogen) atoms. The molecule has 8 heteroatoms. The predicted molar refractivity (Wildman–Crippen MR) is 78.4 cm³/mol. The minimum atomic E-state index is -0.548. The van der Waals surface area contributed by atoms with Crippen LogP contribution in [0.15, 0.2) is 36.4 Å². The van der Waals surface area contributed by atoms with E-state index in [1.54, 1.807) is 24.5 Å². The van der Waals surface area contributed by atoms with E-state index >= 15 is 0 Å². The van der Waals surface area contributed by atoms with Crippen molar-refractivity contribution in [2.75, 3.05) is 6.67 Å². The second-order valence-electron chi connectivity index (χ2n) is 3.41. The molecule has 1 aromatic rings. The van der Waals surface area contributed by atoms with E-state index < -0.39 is 12.6 Å². The molecule has 0 unspecified atom stereocenters. The smallest absolute Gasteiger partial charge is 0.224 e. The molecule has 0 spiro atoms. The third kappa shape index (κ3) is 9.29. The van der Waals surface area contributed by atoms with Gasteiger partial charge in [0.1, 0.15) is 5.17 Å². The second kappa shape index (κ2) is 11.2. The molecule has 0 aliphatic rings. The van der Waals surface area contributed by atoms with Crippen LogP contribution in [0.2, 0.25) is 5.02 Å². The monoisotopic (exact) mass is 320 g/mol. The Morgan fingerprint density at radius 3 is 2.65 bits per heavy atom. The highest BCUT2D eigenvalue weighted by molar-refractivity contribution is 6.68. The predicted octanol–water partition coefficient (Wildman–Crippen LogP) is 2.60. The molecule has 0 aliphatic carbocycles. The maximum Gasteiger partial charge on any atom is 0.224 e. The number of halogens is 3. The molecule has 0 atom stereocenters. The van der Waals surface area contributed by atoms with E-state index in [1.807, 2.05) is 0 Å². The number of nitrogens with zero attached hydrogens (tertiary/aromatic N) is 1. The van der Waals surface area contributed by atoms with Crippen LogP contribution in [-0.2, 0) is 4.79 Å². The quantitative estimate of drug-likeness (QED) is 0.728. The minimum Gasteiger partial charge on any atom is -0.403 e. The Hall–Kier alpha value is -1.66. The first-order chi connectivity index (χ1) is 9.51. The first-order valence-corrected chi connectivity index (χ1v) is 6.34. The van der Waals surface area contributed by atoms with Gasteiger partial charge in [0.25, 0.3) is 0 Å². The lowest BCUT2D eigenvalue weighted by Crippen LogP contribution is -2.26. The fourth-order valence-corrected chi connectivity index (χ4v) is 1.19. The van der Waals surface area contributed by atoms with E-state index in [-0.39, 0.29) is 23.7 Å². The van der Waals surface area contributed by atoms with E-state index in [9.17, 15) is 9.18 Å². The molecule has 1 heterocycles. The summed E-state index contributed by atoms with van der Waals surface area (Å²) in [6.07, 6.45) is 4.51. The third-order valence-corrected chi connectivity index (χ3v) is 2.27. The number of pyridine rings is 1. The largest absolute Gasteiger partial charge is 0.403 e. The fraction of sp³-hybridized carbons (Fsp3) is 0.250. The molecular formula is C12H15Cl2FN4O. The Labute approximate surface area is 126 Å². The lowest BCUT2D eigenvalue weighted by molar-refractivity contribution is -0.120. The van der Waals surface area contributed by atoms with Crippen molar-refractivity contribution in [3.05, 3.63) is 41.4 Å². The first kappa shape index (κ1) is 18.3. The molecule has 0 saturated carbocycles. The van der Waals surface area contributed by atoms with Crippen LogP contribution in [-0.4, -0.2) is 22.7 Å². The van der Waals surface area contributed by atoms with Gasteiger partial charge in [-0.1, -0.05) is 23.2 Å². The van der Waals surface area contributed by atoms with Crippen LogP contribution in [0, 0.1) is 5.41 Å². The van der Waals surface area contributed by atoms with Crippen LogP contribution >= 0.6 is 23.2 Å². The highest BCUT2D eigenvalue weighted by atomic mass is 35.5. The van der Waals surface area contributed by atoms with Gasteiger partial charge < -0.3 is 11.1 Å². The molecule has 1 rings (SSSR count). The summed E-state index contributed by atoms with van der Waals surface area (Å²) in [7, 11) is 0. The molecule has 0 radical (unpaired) electrons. The number of nitrogens with one attached hydrogen (secondary N) is 2. The summed E-state index contributed by atoms with van der Waals surface area (Å²) in [6, 6.07) is 3.58. The Bertz CT molecular complexity index is 454. The average Bonchev–Trinajstić information content (AvgIpc) is 2.43. The van der Waals surface area contributed by atoms with Crippen LogP contribution in [0.5, 0.6) is 0 Å². The Kier molecular flexibility index (Phi) is 10.3. The maximum atomic E-state index is 11.6. The first-order valence-electron chi connectivity index (χ1n) is 5.59. The van der Waals surface area contributed by atoms with Crippen molar-refractivity contribution in [1.29, 1.82) is 5.41 Å². The van der Waals surface area contributed by atoms with Crippen molar-refractivity contribution in [2.45, 2.75) is 12.8 Å². The fourth-order valence-electron chi connectivity index (χ4n) is 0.952. The van der Waals surface area contributed by atoms with Crippen molar-refractivity contribution in [1.82, 2.24) is 10.3 Å². The van der Waals surface area contributed by atoms with Gasteiger partial charge >= 0.3 is 0 Å². The van der Waals surface area contributed by atoms with Crippen molar-refractivity contribution in [3.8, 4) is 0 Å². The van der Waals surface area contributed by atoms with Gasteiger partial charge in [0.05, 0.1) is 17.4 Å². The molecule has 0 aromatic carbocycles. The molecular weight excluding hydrogens is 306 g/mol. The number of nitrogens with two attached hydrogens (primary N) is 1. The van der Waals surface area contributed by atoms with Crippen LogP contribution in [0.1, 0.15) is 12.8 Å². The molecule has 0 bridgehead atoms. The molecule has 1 aromatic heterocycles. The lowest BCUT2D eigenvalue weighted by Gasteiger charge is -2.04. The van der Waals surface area contributed by atoms with E-state index in [2.05, 4.69) is 10.3 Å². The van der Waals surface area contributed by atoms with Gasteiger partial charge in [-0.25, -0.2) is 0 Å². The van der Waals surface area contributed by atoms with Crippen molar-refractivity contribution in [2.24, 2.45) is 5.73 Å². The number of rotatable bonds is 5. The zero-order valence-corrected chi connectivity index (χ0v) is 12.1. The normalized spacial score (nSPS) is 10.2. The van der Waals surface area contributed by atoms with Gasteiger partial charge in [-0.05, 0) is 18.6 Å². The number of alkyl halides is 1. The highest BCUT2D eigenvalue weighted by Crippen LogP contribution is 2.01. The topological polar surface area (TPSA) is 91.9 Å². The van der Waals surface area contributed by atoms with Gasteiger partial charge in [-0.15, -0.1) is 0 Å². The maximum absolute atomic E-state index is 11.6. The Balaban J connectivity index is 0.000000428. The summed E-state index contributed by atoms with van der Waals surface area (Å²) < 4.78 is 11.6. The lowest BCUT2D eigenvalue weighted by atomic mass is 10.3. The SMILES string of the molecule is Clc1cccnc1.N=C(Cl)/C(=C\N)NC(=O)CCCF. The number of allylic oxidation sites excluding steroid dienone is 1. The molecule has 0 fully saturated rings. The molecule has 5 nitrogen and oxygen atoms in total. The van der Waals surface area contributed by atoms with Crippen LogP contribution in [0.3, 0.4) is 0 Å². The van der Waals surface area contributed by atoms with Crippen LogP contribution in [0.25, 0.3) is 0 Å². The Morgan fingerprint density at radius 1 is 1.60 bits per heavy atom. The van der Waals surface area contributed by atoms with E-state index in [0.29, 0.717) is 5.02 Å². The van der Waals surface area contributed by atoms with Crippen LogP contribution < -0.4 is 11.1 Å². The zero-order chi connectivity index (χ0) is 15.4. The highest BCUT2D eigenvalue weighted by Gasteiger charge is 2.06. The third-order valence-electron chi connectivity index (χ3n) is 1.84. The summed E-state index contributed by atoms with van der Waals surface area (Å²) in [4.78, 5) is 14.7. The molecule has 110 valence electrons. The summed E-state index contributed by atoms with van der Waals surface area (Å²) in [5, 5.41) is 9.56. The van der Waals surface area contributed by atoms with Gasteiger partial charge in [-0.2, -0.15) is 0 Å². The number of hydrogen-bond acceptors (Lipinski definition) is 4. The van der Waals surface area contributed by atoms with Gasteiger partial charge in [0.15, 0.2) is 0 Å².